The van der Waals surface area contributed by atoms with Crippen molar-refractivity contribution in [3.8, 4) is 0 Å². The minimum absolute atomic E-state index is 0.0104. The molecular formula is C16H13ClN4O4. The predicted octanol–water partition coefficient (Wildman–Crippen LogP) is 2.65. The number of nitro groups is 1. The van der Waals surface area contributed by atoms with E-state index in [1.165, 1.54) is 24.4 Å². The number of rotatable bonds is 4. The van der Waals surface area contributed by atoms with E-state index >= 15 is 0 Å². The Hall–Kier alpha value is -3.26. The number of hydrogen-bond acceptors (Lipinski definition) is 5. The van der Waals surface area contributed by atoms with Crippen molar-refractivity contribution in [3.05, 3.63) is 68.7 Å². The lowest BCUT2D eigenvalue weighted by Crippen LogP contribution is -2.32. The number of hydrazone groups is 1. The predicted molar refractivity (Wildman–Crippen MR) is 93.7 cm³/mol. The van der Waals surface area contributed by atoms with Crippen LogP contribution in [0, 0.1) is 17.0 Å². The lowest BCUT2D eigenvalue weighted by molar-refractivity contribution is -0.384. The molecule has 25 heavy (non-hydrogen) atoms. The van der Waals surface area contributed by atoms with Crippen LogP contribution in [0.5, 0.6) is 0 Å². The van der Waals surface area contributed by atoms with Gasteiger partial charge in [-0.25, -0.2) is 5.43 Å². The van der Waals surface area contributed by atoms with Gasteiger partial charge >= 0.3 is 11.8 Å². The molecule has 0 atom stereocenters. The fourth-order valence-electron chi connectivity index (χ4n) is 1.88. The first-order chi connectivity index (χ1) is 11.9. The average molecular weight is 361 g/mol. The zero-order chi connectivity index (χ0) is 18.4. The molecule has 9 heteroatoms. The molecule has 0 unspecified atom stereocenters. The monoisotopic (exact) mass is 360 g/mol. The van der Waals surface area contributed by atoms with Crippen LogP contribution >= 0.6 is 11.6 Å². The third-order valence-electron chi connectivity index (χ3n) is 3.03. The van der Waals surface area contributed by atoms with E-state index in [4.69, 9.17) is 11.6 Å². The second kappa shape index (κ2) is 8.02. The molecule has 0 aromatic heterocycles. The number of nitrogens with zero attached hydrogens (tertiary/aromatic N) is 2. The molecule has 0 saturated heterocycles. The topological polar surface area (TPSA) is 114 Å². The summed E-state index contributed by atoms with van der Waals surface area (Å²) in [5.41, 5.74) is 3.52. The van der Waals surface area contributed by atoms with Crippen LogP contribution in [0.2, 0.25) is 5.02 Å². The summed E-state index contributed by atoms with van der Waals surface area (Å²) < 4.78 is 0. The highest BCUT2D eigenvalue weighted by Gasteiger charge is 2.14. The van der Waals surface area contributed by atoms with Gasteiger partial charge in [-0.15, -0.1) is 0 Å². The number of anilines is 1. The molecule has 0 aliphatic heterocycles. The number of nitrogens with one attached hydrogen (secondary N) is 2. The summed E-state index contributed by atoms with van der Waals surface area (Å²) in [4.78, 5) is 33.6. The normalized spacial score (nSPS) is 10.5. The zero-order valence-electron chi connectivity index (χ0n) is 13.0. The molecule has 128 valence electrons. The van der Waals surface area contributed by atoms with Crippen LogP contribution in [0.3, 0.4) is 0 Å². The first-order valence-corrected chi connectivity index (χ1v) is 7.39. The number of aryl methyl sites for hydroxylation is 1. The molecule has 2 rings (SSSR count). The SMILES string of the molecule is Cc1cccc(NC(=O)C(=O)N/N=C/c2ccc(Cl)c([N+](=O)[O-])c2)c1. The molecule has 0 spiro atoms. The van der Waals surface area contributed by atoms with Gasteiger partial charge < -0.3 is 5.32 Å². The van der Waals surface area contributed by atoms with Gasteiger partial charge in [-0.05, 0) is 30.7 Å². The Bertz CT molecular complexity index is 867. The summed E-state index contributed by atoms with van der Waals surface area (Å²) in [5, 5.41) is 16.8. The number of benzene rings is 2. The molecule has 0 saturated carbocycles. The van der Waals surface area contributed by atoms with Gasteiger partial charge in [0, 0.05) is 17.3 Å². The van der Waals surface area contributed by atoms with Gasteiger partial charge in [-0.3, -0.25) is 19.7 Å². The standard InChI is InChI=1S/C16H13ClN4O4/c1-10-3-2-4-12(7-10)19-15(22)16(23)20-18-9-11-5-6-13(17)14(8-11)21(24)25/h2-9H,1H3,(H,19,22)(H,20,23)/b18-9+. The Morgan fingerprint density at radius 1 is 1.20 bits per heavy atom. The highest BCUT2D eigenvalue weighted by atomic mass is 35.5. The third kappa shape index (κ3) is 5.11. The molecule has 0 fully saturated rings. The second-order valence-corrected chi connectivity index (χ2v) is 5.40. The summed E-state index contributed by atoms with van der Waals surface area (Å²) in [7, 11) is 0. The van der Waals surface area contributed by atoms with E-state index in [2.05, 4.69) is 10.4 Å². The largest absolute Gasteiger partial charge is 0.329 e. The third-order valence-corrected chi connectivity index (χ3v) is 3.35. The summed E-state index contributed by atoms with van der Waals surface area (Å²) >= 11 is 5.70. The molecule has 0 aliphatic rings. The maximum atomic E-state index is 11.8. The number of carbonyl (C=O) groups is 2. The smallest absolute Gasteiger partial charge is 0.318 e. The lowest BCUT2D eigenvalue weighted by Gasteiger charge is -2.04. The van der Waals surface area contributed by atoms with Crippen LogP contribution in [0.4, 0.5) is 11.4 Å². The minimum atomic E-state index is -0.971. The van der Waals surface area contributed by atoms with E-state index in [0.717, 1.165) is 5.56 Å². The molecule has 2 aromatic carbocycles. The van der Waals surface area contributed by atoms with Gasteiger partial charge in [-0.1, -0.05) is 29.8 Å². The molecule has 0 bridgehead atoms. The van der Waals surface area contributed by atoms with E-state index in [0.29, 0.717) is 11.3 Å². The Morgan fingerprint density at radius 2 is 1.96 bits per heavy atom. The zero-order valence-corrected chi connectivity index (χ0v) is 13.8. The van der Waals surface area contributed by atoms with Crippen molar-refractivity contribution in [2.24, 2.45) is 5.10 Å². The van der Waals surface area contributed by atoms with E-state index < -0.39 is 16.7 Å². The van der Waals surface area contributed by atoms with Crippen molar-refractivity contribution >= 4 is 41.0 Å². The van der Waals surface area contributed by atoms with Gasteiger partial charge in [0.2, 0.25) is 0 Å². The highest BCUT2D eigenvalue weighted by Crippen LogP contribution is 2.24. The molecule has 0 radical (unpaired) electrons. The summed E-state index contributed by atoms with van der Waals surface area (Å²) in [6.07, 6.45) is 1.17. The first-order valence-electron chi connectivity index (χ1n) is 7.02. The Kier molecular flexibility index (Phi) is 5.80. The molecule has 0 heterocycles. The van der Waals surface area contributed by atoms with Crippen molar-refractivity contribution in [2.45, 2.75) is 6.92 Å². The Balaban J connectivity index is 1.97. The fourth-order valence-corrected chi connectivity index (χ4v) is 2.06. The quantitative estimate of drug-likeness (QED) is 0.377. The van der Waals surface area contributed by atoms with Gasteiger partial charge in [-0.2, -0.15) is 5.10 Å². The highest BCUT2D eigenvalue weighted by molar-refractivity contribution is 6.39. The van der Waals surface area contributed by atoms with Crippen molar-refractivity contribution in [2.75, 3.05) is 5.32 Å². The summed E-state index contributed by atoms with van der Waals surface area (Å²) in [5.74, 6) is -1.86. The number of carbonyl (C=O) groups excluding carboxylic acids is 2. The van der Waals surface area contributed by atoms with E-state index in [9.17, 15) is 19.7 Å². The van der Waals surface area contributed by atoms with Crippen LogP contribution in [0.25, 0.3) is 0 Å². The van der Waals surface area contributed by atoms with Crippen LogP contribution in [-0.2, 0) is 9.59 Å². The van der Waals surface area contributed by atoms with Crippen LogP contribution in [0.1, 0.15) is 11.1 Å². The van der Waals surface area contributed by atoms with Gasteiger partial charge in [0.05, 0.1) is 11.1 Å². The van der Waals surface area contributed by atoms with E-state index in [-0.39, 0.29) is 10.7 Å². The van der Waals surface area contributed by atoms with Crippen molar-refractivity contribution in [1.29, 1.82) is 0 Å². The minimum Gasteiger partial charge on any atom is -0.318 e. The molecule has 2 amide bonds. The fraction of sp³-hybridized carbons (Fsp3) is 0.0625. The van der Waals surface area contributed by atoms with Crippen LogP contribution < -0.4 is 10.7 Å². The summed E-state index contributed by atoms with van der Waals surface area (Å²) in [6.45, 7) is 1.85. The molecule has 2 N–H and O–H groups in total. The first kappa shape index (κ1) is 18.1. The average Bonchev–Trinajstić information content (AvgIpc) is 2.56. The number of hydrogen-bond donors (Lipinski definition) is 2. The van der Waals surface area contributed by atoms with E-state index in [1.54, 1.807) is 18.2 Å². The molecule has 2 aromatic rings. The van der Waals surface area contributed by atoms with Gasteiger partial charge in [0.1, 0.15) is 5.02 Å². The Labute approximate surface area is 147 Å². The maximum absolute atomic E-state index is 11.8. The van der Waals surface area contributed by atoms with Crippen LogP contribution in [0.15, 0.2) is 47.6 Å². The van der Waals surface area contributed by atoms with Crippen molar-refractivity contribution < 1.29 is 14.5 Å². The van der Waals surface area contributed by atoms with Crippen LogP contribution in [-0.4, -0.2) is 23.0 Å². The second-order valence-electron chi connectivity index (χ2n) is 4.99. The van der Waals surface area contributed by atoms with Gasteiger partial charge in [0.15, 0.2) is 0 Å². The lowest BCUT2D eigenvalue weighted by atomic mass is 10.2. The van der Waals surface area contributed by atoms with E-state index in [1.807, 2.05) is 18.4 Å². The number of halogens is 1. The maximum Gasteiger partial charge on any atom is 0.329 e. The van der Waals surface area contributed by atoms with Gasteiger partial charge in [0.25, 0.3) is 5.69 Å². The van der Waals surface area contributed by atoms with Crippen molar-refractivity contribution in [3.63, 3.8) is 0 Å². The molecule has 8 nitrogen and oxygen atoms in total. The van der Waals surface area contributed by atoms with Crippen molar-refractivity contribution in [1.82, 2.24) is 5.43 Å². The molecular weight excluding hydrogens is 348 g/mol. The molecule has 0 aliphatic carbocycles. The number of amides is 2. The number of nitro benzene ring substituents is 1. The Morgan fingerprint density at radius 3 is 2.64 bits per heavy atom. The summed E-state index contributed by atoms with van der Waals surface area (Å²) in [6, 6.07) is 11.0.